The van der Waals surface area contributed by atoms with Crippen molar-refractivity contribution in [2.24, 2.45) is 5.73 Å². The number of hydrogen-bond acceptors (Lipinski definition) is 4. The number of halogens is 1. The minimum atomic E-state index is -0.563. The first-order valence-corrected chi connectivity index (χ1v) is 8.82. The third-order valence-corrected chi connectivity index (χ3v) is 4.67. The topological polar surface area (TPSA) is 107 Å². The van der Waals surface area contributed by atoms with Crippen LogP contribution in [0.3, 0.4) is 0 Å². The van der Waals surface area contributed by atoms with Gasteiger partial charge in [0, 0.05) is 31.3 Å². The molecule has 27 heavy (non-hydrogen) atoms. The van der Waals surface area contributed by atoms with Crippen molar-refractivity contribution in [1.82, 2.24) is 14.5 Å². The van der Waals surface area contributed by atoms with Gasteiger partial charge in [-0.3, -0.25) is 9.59 Å². The molecule has 0 aliphatic rings. The Labute approximate surface area is 161 Å². The Kier molecular flexibility index (Phi) is 5.32. The number of carbonyl (C=O) groups excluding carboxylic acids is 2. The normalized spacial score (nSPS) is 10.9. The van der Waals surface area contributed by atoms with Crippen molar-refractivity contribution in [3.63, 3.8) is 0 Å². The highest BCUT2D eigenvalue weighted by Gasteiger charge is 2.15. The van der Waals surface area contributed by atoms with Crippen LogP contribution in [0.5, 0.6) is 0 Å². The lowest BCUT2D eigenvalue weighted by atomic mass is 10.1. The lowest BCUT2D eigenvalue weighted by Gasteiger charge is -2.18. The third kappa shape index (κ3) is 3.88. The van der Waals surface area contributed by atoms with E-state index in [1.807, 2.05) is 16.7 Å². The largest absolute Gasteiger partial charge is 0.369 e. The van der Waals surface area contributed by atoms with Crippen molar-refractivity contribution in [3.8, 4) is 0 Å². The molecule has 0 atom stereocenters. The van der Waals surface area contributed by atoms with Crippen LogP contribution in [-0.4, -0.2) is 39.9 Å². The van der Waals surface area contributed by atoms with Gasteiger partial charge < -0.3 is 20.9 Å². The second kappa shape index (κ2) is 7.67. The zero-order chi connectivity index (χ0) is 19.6. The number of rotatable bonds is 6. The van der Waals surface area contributed by atoms with Gasteiger partial charge in [0.25, 0.3) is 5.91 Å². The Morgan fingerprint density at radius 2 is 1.89 bits per heavy atom. The fourth-order valence-corrected chi connectivity index (χ4v) is 3.25. The summed E-state index contributed by atoms with van der Waals surface area (Å²) in [5, 5.41) is 0.587. The van der Waals surface area contributed by atoms with E-state index < -0.39 is 5.91 Å². The average molecular weight is 386 g/mol. The molecule has 1 heterocycles. The highest BCUT2D eigenvalue weighted by Crippen LogP contribution is 2.25. The molecule has 0 saturated heterocycles. The summed E-state index contributed by atoms with van der Waals surface area (Å²) in [6.07, 6.45) is 0.665. The number of imidazole rings is 1. The number of amides is 2. The first-order chi connectivity index (χ1) is 12.9. The summed E-state index contributed by atoms with van der Waals surface area (Å²) < 4.78 is 1.85. The first kappa shape index (κ1) is 18.7. The summed E-state index contributed by atoms with van der Waals surface area (Å²) in [4.78, 5) is 29.7. The summed E-state index contributed by atoms with van der Waals surface area (Å²) in [6, 6.07) is 11.9. The van der Waals surface area contributed by atoms with Crippen LogP contribution in [0.2, 0.25) is 5.02 Å². The highest BCUT2D eigenvalue weighted by molar-refractivity contribution is 6.35. The van der Waals surface area contributed by atoms with Crippen LogP contribution in [0.4, 0.5) is 5.95 Å². The maximum atomic E-state index is 12.6. The lowest BCUT2D eigenvalue weighted by Crippen LogP contribution is -2.28. The molecule has 2 aromatic carbocycles. The van der Waals surface area contributed by atoms with Gasteiger partial charge in [-0.2, -0.15) is 0 Å². The second-order valence-electron chi connectivity index (χ2n) is 6.25. The molecular weight excluding hydrogens is 366 g/mol. The quantitative estimate of drug-likeness (QED) is 0.679. The number of benzene rings is 2. The standard InChI is InChI=1S/C19H20ClN5O2/c1-24(18(27)13-6-2-5-12(11-13)17(21)26)9-4-10-25-16-14(20)7-3-8-15(16)23-19(25)22/h2-3,5-8,11H,4,9-10H2,1H3,(H2,21,26)(H2,22,23). The van der Waals surface area contributed by atoms with Crippen LogP contribution in [0, 0.1) is 0 Å². The molecule has 0 radical (unpaired) electrons. The fraction of sp³-hybridized carbons (Fsp3) is 0.211. The molecule has 0 unspecified atom stereocenters. The van der Waals surface area contributed by atoms with E-state index in [-0.39, 0.29) is 5.91 Å². The molecule has 2 amide bonds. The summed E-state index contributed by atoms with van der Waals surface area (Å²) >= 11 is 6.27. The summed E-state index contributed by atoms with van der Waals surface area (Å²) in [7, 11) is 1.71. The van der Waals surface area contributed by atoms with Gasteiger partial charge in [-0.1, -0.05) is 23.7 Å². The number of carbonyl (C=O) groups is 2. The summed E-state index contributed by atoms with van der Waals surface area (Å²) in [5.41, 5.74) is 13.5. The molecule has 4 N–H and O–H groups in total. The van der Waals surface area contributed by atoms with Crippen molar-refractivity contribution in [2.45, 2.75) is 13.0 Å². The predicted molar refractivity (Wildman–Crippen MR) is 106 cm³/mol. The molecule has 0 aliphatic heterocycles. The number of nitrogens with zero attached hydrogens (tertiary/aromatic N) is 3. The van der Waals surface area contributed by atoms with E-state index in [1.165, 1.54) is 6.07 Å². The number of anilines is 1. The molecule has 0 bridgehead atoms. The fourth-order valence-electron chi connectivity index (χ4n) is 2.98. The predicted octanol–water partition coefficient (Wildman–Crippen LogP) is 2.53. The van der Waals surface area contributed by atoms with Crippen molar-refractivity contribution in [3.05, 3.63) is 58.6 Å². The van der Waals surface area contributed by atoms with Crippen molar-refractivity contribution >= 4 is 40.4 Å². The maximum Gasteiger partial charge on any atom is 0.253 e. The Balaban J connectivity index is 1.67. The SMILES string of the molecule is CN(CCCn1c(N)nc2cccc(Cl)c21)C(=O)c1cccc(C(N)=O)c1. The first-order valence-electron chi connectivity index (χ1n) is 8.44. The molecule has 7 nitrogen and oxygen atoms in total. The Morgan fingerprint density at radius 1 is 1.19 bits per heavy atom. The molecule has 3 aromatic rings. The van der Waals surface area contributed by atoms with Crippen LogP contribution in [0.15, 0.2) is 42.5 Å². The number of primary amides is 1. The van der Waals surface area contributed by atoms with Crippen molar-refractivity contribution < 1.29 is 9.59 Å². The molecule has 8 heteroatoms. The molecular formula is C19H20ClN5O2. The number of aromatic nitrogens is 2. The monoisotopic (exact) mass is 385 g/mol. The molecule has 0 saturated carbocycles. The van der Waals surface area contributed by atoms with Gasteiger partial charge in [0.2, 0.25) is 11.9 Å². The molecule has 3 rings (SSSR count). The lowest BCUT2D eigenvalue weighted by molar-refractivity contribution is 0.0792. The van der Waals surface area contributed by atoms with E-state index in [0.29, 0.717) is 41.6 Å². The van der Waals surface area contributed by atoms with Gasteiger partial charge in [-0.25, -0.2) is 4.98 Å². The number of nitrogen functional groups attached to an aromatic ring is 1. The van der Waals surface area contributed by atoms with Crippen LogP contribution in [-0.2, 0) is 6.54 Å². The summed E-state index contributed by atoms with van der Waals surface area (Å²) in [5.74, 6) is -0.354. The number of fused-ring (bicyclic) bond motifs is 1. The van der Waals surface area contributed by atoms with Gasteiger partial charge in [0.05, 0.1) is 16.1 Å². The van der Waals surface area contributed by atoms with Crippen LogP contribution in [0.25, 0.3) is 11.0 Å². The number of para-hydroxylation sites is 1. The molecule has 0 fully saturated rings. The summed E-state index contributed by atoms with van der Waals surface area (Å²) in [6.45, 7) is 1.08. The van der Waals surface area contributed by atoms with Gasteiger partial charge >= 0.3 is 0 Å². The highest BCUT2D eigenvalue weighted by atomic mass is 35.5. The Morgan fingerprint density at radius 3 is 2.63 bits per heavy atom. The molecule has 140 valence electrons. The van der Waals surface area contributed by atoms with E-state index in [2.05, 4.69) is 4.98 Å². The van der Waals surface area contributed by atoms with E-state index in [4.69, 9.17) is 23.1 Å². The minimum absolute atomic E-state index is 0.181. The second-order valence-corrected chi connectivity index (χ2v) is 6.66. The molecule has 1 aromatic heterocycles. The number of aryl methyl sites for hydroxylation is 1. The van der Waals surface area contributed by atoms with Crippen molar-refractivity contribution in [2.75, 3.05) is 19.3 Å². The van der Waals surface area contributed by atoms with Gasteiger partial charge in [-0.05, 0) is 36.8 Å². The number of nitrogens with two attached hydrogens (primary N) is 2. The van der Waals surface area contributed by atoms with Gasteiger partial charge in [0.1, 0.15) is 0 Å². The smallest absolute Gasteiger partial charge is 0.253 e. The third-order valence-electron chi connectivity index (χ3n) is 4.36. The van der Waals surface area contributed by atoms with Crippen molar-refractivity contribution in [1.29, 1.82) is 0 Å². The van der Waals surface area contributed by atoms with Gasteiger partial charge in [-0.15, -0.1) is 0 Å². The van der Waals surface area contributed by atoms with E-state index in [9.17, 15) is 9.59 Å². The van der Waals surface area contributed by atoms with E-state index in [0.717, 1.165) is 11.0 Å². The Hall–Kier alpha value is -3.06. The number of hydrogen-bond donors (Lipinski definition) is 2. The maximum absolute atomic E-state index is 12.6. The van der Waals surface area contributed by atoms with E-state index in [1.54, 1.807) is 36.2 Å². The van der Waals surface area contributed by atoms with Crippen LogP contribution < -0.4 is 11.5 Å². The van der Waals surface area contributed by atoms with E-state index >= 15 is 0 Å². The average Bonchev–Trinajstić information content (AvgIpc) is 2.97. The van der Waals surface area contributed by atoms with Crippen LogP contribution >= 0.6 is 11.6 Å². The minimum Gasteiger partial charge on any atom is -0.369 e. The van der Waals surface area contributed by atoms with Gasteiger partial charge in [0.15, 0.2) is 0 Å². The molecule has 0 spiro atoms. The Bertz CT molecular complexity index is 1010. The zero-order valence-corrected chi connectivity index (χ0v) is 15.6. The van der Waals surface area contributed by atoms with Crippen LogP contribution in [0.1, 0.15) is 27.1 Å². The zero-order valence-electron chi connectivity index (χ0n) is 14.9. The molecule has 0 aliphatic carbocycles.